The molecule has 0 spiro atoms. The molecular formula is C16H23NO. The van der Waals surface area contributed by atoms with Crippen LogP contribution in [0.15, 0.2) is 24.3 Å². The van der Waals surface area contributed by atoms with Gasteiger partial charge in [0, 0.05) is 5.41 Å². The SMILES string of the molecule is CN1CCC(c2ccc(C3(CO)CC3)cc2)CC1. The zero-order chi connectivity index (χ0) is 12.6. The zero-order valence-corrected chi connectivity index (χ0v) is 11.2. The average Bonchev–Trinajstić information content (AvgIpc) is 3.21. The van der Waals surface area contributed by atoms with Crippen LogP contribution < -0.4 is 0 Å². The molecule has 0 amide bonds. The summed E-state index contributed by atoms with van der Waals surface area (Å²) in [7, 11) is 2.21. The number of aliphatic hydroxyl groups is 1. The third-order valence-corrected chi connectivity index (χ3v) is 4.87. The van der Waals surface area contributed by atoms with E-state index in [1.165, 1.54) is 37.1 Å². The molecule has 2 nitrogen and oxygen atoms in total. The van der Waals surface area contributed by atoms with Gasteiger partial charge in [-0.25, -0.2) is 0 Å². The van der Waals surface area contributed by atoms with Crippen molar-refractivity contribution < 1.29 is 5.11 Å². The van der Waals surface area contributed by atoms with Gasteiger partial charge >= 0.3 is 0 Å². The van der Waals surface area contributed by atoms with E-state index in [1.807, 2.05) is 0 Å². The number of nitrogens with zero attached hydrogens (tertiary/aromatic N) is 1. The van der Waals surface area contributed by atoms with Gasteiger partial charge in [0.2, 0.25) is 0 Å². The summed E-state index contributed by atoms with van der Waals surface area (Å²) < 4.78 is 0. The second-order valence-electron chi connectivity index (χ2n) is 6.14. The van der Waals surface area contributed by atoms with Crippen LogP contribution in [-0.2, 0) is 5.41 Å². The predicted molar refractivity (Wildman–Crippen MR) is 73.9 cm³/mol. The third-order valence-electron chi connectivity index (χ3n) is 4.87. The Labute approximate surface area is 110 Å². The Bertz CT molecular complexity index is 400. The molecule has 18 heavy (non-hydrogen) atoms. The first-order chi connectivity index (χ1) is 8.73. The van der Waals surface area contributed by atoms with Gasteiger partial charge < -0.3 is 10.0 Å². The molecule has 1 aliphatic carbocycles. The Morgan fingerprint density at radius 3 is 2.28 bits per heavy atom. The minimum atomic E-state index is 0.116. The number of benzene rings is 1. The van der Waals surface area contributed by atoms with Crippen molar-refractivity contribution in [2.45, 2.75) is 37.0 Å². The lowest BCUT2D eigenvalue weighted by atomic mass is 9.87. The largest absolute Gasteiger partial charge is 0.395 e. The molecule has 98 valence electrons. The Balaban J connectivity index is 1.71. The highest BCUT2D eigenvalue weighted by molar-refractivity contribution is 5.35. The van der Waals surface area contributed by atoms with Crippen molar-refractivity contribution in [1.29, 1.82) is 0 Å². The Morgan fingerprint density at radius 1 is 1.17 bits per heavy atom. The number of aliphatic hydroxyl groups excluding tert-OH is 1. The minimum absolute atomic E-state index is 0.116. The number of hydrogen-bond acceptors (Lipinski definition) is 2. The molecule has 1 N–H and O–H groups in total. The number of likely N-dealkylation sites (tertiary alicyclic amines) is 1. The molecule has 0 unspecified atom stereocenters. The van der Waals surface area contributed by atoms with E-state index in [4.69, 9.17) is 0 Å². The molecule has 1 saturated heterocycles. The Kier molecular flexibility index (Phi) is 3.16. The van der Waals surface area contributed by atoms with Crippen molar-refractivity contribution in [3.63, 3.8) is 0 Å². The highest BCUT2D eigenvalue weighted by atomic mass is 16.3. The highest BCUT2D eigenvalue weighted by Crippen LogP contribution is 2.47. The van der Waals surface area contributed by atoms with Gasteiger partial charge in [-0.3, -0.25) is 0 Å². The summed E-state index contributed by atoms with van der Waals surface area (Å²) in [6, 6.07) is 9.08. The second-order valence-corrected chi connectivity index (χ2v) is 6.14. The average molecular weight is 245 g/mol. The highest BCUT2D eigenvalue weighted by Gasteiger charge is 2.43. The molecule has 1 aromatic carbocycles. The van der Waals surface area contributed by atoms with Crippen molar-refractivity contribution in [2.75, 3.05) is 26.7 Å². The van der Waals surface area contributed by atoms with Crippen LogP contribution in [0.3, 0.4) is 0 Å². The van der Waals surface area contributed by atoms with E-state index in [9.17, 15) is 5.11 Å². The van der Waals surface area contributed by atoms with Crippen LogP contribution in [-0.4, -0.2) is 36.8 Å². The van der Waals surface area contributed by atoms with E-state index in [-0.39, 0.29) is 5.41 Å². The first kappa shape index (κ1) is 12.2. The molecule has 1 aliphatic heterocycles. The molecule has 2 heteroatoms. The van der Waals surface area contributed by atoms with E-state index < -0.39 is 0 Å². The fourth-order valence-electron chi connectivity index (χ4n) is 3.14. The van der Waals surface area contributed by atoms with Gasteiger partial charge in [-0.15, -0.1) is 0 Å². The first-order valence-corrected chi connectivity index (χ1v) is 7.13. The van der Waals surface area contributed by atoms with Crippen LogP contribution in [0.5, 0.6) is 0 Å². The maximum absolute atomic E-state index is 9.45. The summed E-state index contributed by atoms with van der Waals surface area (Å²) in [5, 5.41) is 9.45. The van der Waals surface area contributed by atoms with Crippen LogP contribution in [0.1, 0.15) is 42.7 Å². The smallest absolute Gasteiger partial charge is 0.0527 e. The zero-order valence-electron chi connectivity index (χ0n) is 11.2. The minimum Gasteiger partial charge on any atom is -0.395 e. The van der Waals surface area contributed by atoms with Crippen LogP contribution in [0.2, 0.25) is 0 Å². The van der Waals surface area contributed by atoms with Gasteiger partial charge in [-0.05, 0) is 62.9 Å². The van der Waals surface area contributed by atoms with E-state index in [2.05, 4.69) is 36.2 Å². The Hall–Kier alpha value is -0.860. The molecule has 1 aromatic rings. The Morgan fingerprint density at radius 2 is 1.78 bits per heavy atom. The fourth-order valence-corrected chi connectivity index (χ4v) is 3.14. The topological polar surface area (TPSA) is 23.5 Å². The lowest BCUT2D eigenvalue weighted by Crippen LogP contribution is -2.29. The van der Waals surface area contributed by atoms with Crippen molar-refractivity contribution in [3.05, 3.63) is 35.4 Å². The molecule has 1 saturated carbocycles. The van der Waals surface area contributed by atoms with Crippen molar-refractivity contribution >= 4 is 0 Å². The standard InChI is InChI=1S/C16H23NO/c1-17-10-6-14(7-11-17)13-2-4-15(5-3-13)16(12-18)8-9-16/h2-5,14,18H,6-12H2,1H3. The summed E-state index contributed by atoms with van der Waals surface area (Å²) in [5.74, 6) is 0.736. The van der Waals surface area contributed by atoms with Gasteiger partial charge in [-0.2, -0.15) is 0 Å². The monoisotopic (exact) mass is 245 g/mol. The van der Waals surface area contributed by atoms with E-state index in [1.54, 1.807) is 0 Å². The molecule has 2 fully saturated rings. The number of hydrogen-bond donors (Lipinski definition) is 1. The quantitative estimate of drug-likeness (QED) is 0.884. The summed E-state index contributed by atoms with van der Waals surface area (Å²) in [5.41, 5.74) is 2.94. The molecule has 0 radical (unpaired) electrons. The van der Waals surface area contributed by atoms with Gasteiger partial charge in [0.15, 0.2) is 0 Å². The second kappa shape index (κ2) is 4.67. The molecule has 0 bridgehead atoms. The van der Waals surface area contributed by atoms with Crippen LogP contribution >= 0.6 is 0 Å². The van der Waals surface area contributed by atoms with Gasteiger partial charge in [0.1, 0.15) is 0 Å². The van der Waals surface area contributed by atoms with E-state index in [0.29, 0.717) is 6.61 Å². The van der Waals surface area contributed by atoms with Crippen molar-refractivity contribution in [1.82, 2.24) is 4.90 Å². The van der Waals surface area contributed by atoms with Gasteiger partial charge in [0.25, 0.3) is 0 Å². The van der Waals surface area contributed by atoms with Gasteiger partial charge in [-0.1, -0.05) is 24.3 Å². The lowest BCUT2D eigenvalue weighted by Gasteiger charge is -2.29. The van der Waals surface area contributed by atoms with Gasteiger partial charge in [0.05, 0.1) is 6.61 Å². The number of piperidine rings is 1. The lowest BCUT2D eigenvalue weighted by molar-refractivity contribution is 0.253. The van der Waals surface area contributed by atoms with Crippen LogP contribution in [0.25, 0.3) is 0 Å². The number of rotatable bonds is 3. The summed E-state index contributed by atoms with van der Waals surface area (Å²) >= 11 is 0. The van der Waals surface area contributed by atoms with Crippen LogP contribution in [0, 0.1) is 0 Å². The van der Waals surface area contributed by atoms with Crippen molar-refractivity contribution in [3.8, 4) is 0 Å². The van der Waals surface area contributed by atoms with E-state index in [0.717, 1.165) is 18.8 Å². The van der Waals surface area contributed by atoms with Crippen LogP contribution in [0.4, 0.5) is 0 Å². The van der Waals surface area contributed by atoms with E-state index >= 15 is 0 Å². The third kappa shape index (κ3) is 2.19. The maximum Gasteiger partial charge on any atom is 0.0527 e. The summed E-state index contributed by atoms with van der Waals surface area (Å²) in [6.45, 7) is 2.74. The van der Waals surface area contributed by atoms with Crippen molar-refractivity contribution in [2.24, 2.45) is 0 Å². The summed E-state index contributed by atoms with van der Waals surface area (Å²) in [6.07, 6.45) is 4.86. The molecule has 3 rings (SSSR count). The maximum atomic E-state index is 9.45. The first-order valence-electron chi connectivity index (χ1n) is 7.13. The molecular weight excluding hydrogens is 222 g/mol. The molecule has 0 atom stereocenters. The fraction of sp³-hybridized carbons (Fsp3) is 0.625. The molecule has 0 aromatic heterocycles. The normalized spacial score (nSPS) is 24.1. The summed E-state index contributed by atoms with van der Waals surface area (Å²) in [4.78, 5) is 2.41. The molecule has 1 heterocycles. The molecule has 2 aliphatic rings. The predicted octanol–water partition coefficient (Wildman–Crippen LogP) is 2.52.